The largest absolute Gasteiger partial charge is 0.502 e. The predicted molar refractivity (Wildman–Crippen MR) is 74.1 cm³/mol. The van der Waals surface area contributed by atoms with Gasteiger partial charge in [-0.3, -0.25) is 10.1 Å². The van der Waals surface area contributed by atoms with Crippen molar-refractivity contribution in [1.82, 2.24) is 4.31 Å². The lowest BCUT2D eigenvalue weighted by Crippen LogP contribution is -2.38. The summed E-state index contributed by atoms with van der Waals surface area (Å²) in [6.45, 7) is 5.61. The molecule has 0 aromatic heterocycles. The third-order valence-corrected chi connectivity index (χ3v) is 5.23. The molecule has 0 spiro atoms. The van der Waals surface area contributed by atoms with Gasteiger partial charge in [0.2, 0.25) is 10.0 Å². The van der Waals surface area contributed by atoms with Crippen LogP contribution in [0.15, 0.2) is 23.1 Å². The van der Waals surface area contributed by atoms with Crippen LogP contribution in [0.5, 0.6) is 5.75 Å². The molecule has 0 saturated heterocycles. The van der Waals surface area contributed by atoms with Gasteiger partial charge in [0.1, 0.15) is 0 Å². The first-order chi connectivity index (χ1) is 9.25. The van der Waals surface area contributed by atoms with E-state index in [9.17, 15) is 23.6 Å². The number of aromatic hydroxyl groups is 1. The van der Waals surface area contributed by atoms with E-state index < -0.39 is 26.4 Å². The number of nitro groups is 1. The fourth-order valence-corrected chi connectivity index (χ4v) is 3.60. The van der Waals surface area contributed by atoms with Crippen molar-refractivity contribution in [2.75, 3.05) is 6.54 Å². The molecule has 1 aromatic carbocycles. The molecule has 112 valence electrons. The molecule has 0 aliphatic carbocycles. The number of phenolic OH excluding ortho intramolecular Hbond substituents is 1. The van der Waals surface area contributed by atoms with Gasteiger partial charge in [0.25, 0.3) is 0 Å². The second-order valence-electron chi connectivity index (χ2n) is 4.37. The van der Waals surface area contributed by atoms with E-state index in [1.54, 1.807) is 13.8 Å². The number of nitrogens with zero attached hydrogens (tertiary/aromatic N) is 2. The van der Waals surface area contributed by atoms with Gasteiger partial charge in [0, 0.05) is 18.7 Å². The molecule has 1 unspecified atom stereocenters. The molecule has 0 bridgehead atoms. The number of phenols is 1. The molecule has 0 heterocycles. The van der Waals surface area contributed by atoms with E-state index in [-0.39, 0.29) is 17.5 Å². The second kappa shape index (κ2) is 6.19. The van der Waals surface area contributed by atoms with Crippen LogP contribution in [0.2, 0.25) is 0 Å². The summed E-state index contributed by atoms with van der Waals surface area (Å²) in [7, 11) is -3.82. The first-order valence-electron chi connectivity index (χ1n) is 6.24. The van der Waals surface area contributed by atoms with Crippen molar-refractivity contribution in [3.05, 3.63) is 28.3 Å². The second-order valence-corrected chi connectivity index (χ2v) is 6.26. The summed E-state index contributed by atoms with van der Waals surface area (Å²) >= 11 is 0. The van der Waals surface area contributed by atoms with Gasteiger partial charge in [-0.05, 0) is 25.5 Å². The first-order valence-corrected chi connectivity index (χ1v) is 7.68. The quantitative estimate of drug-likeness (QED) is 0.640. The summed E-state index contributed by atoms with van der Waals surface area (Å²) < 4.78 is 26.2. The maximum atomic E-state index is 12.5. The SMILES string of the molecule is CCC(C)N(CC)S(=O)(=O)c1ccc(O)c([N+](=O)[O-])c1. The first kappa shape index (κ1) is 16.4. The monoisotopic (exact) mass is 302 g/mol. The number of hydrogen-bond acceptors (Lipinski definition) is 5. The molecular weight excluding hydrogens is 284 g/mol. The normalized spacial score (nSPS) is 13.4. The third-order valence-electron chi connectivity index (χ3n) is 3.14. The van der Waals surface area contributed by atoms with E-state index in [4.69, 9.17) is 0 Å². The molecule has 1 N–H and O–H groups in total. The molecular formula is C12H18N2O5S. The molecule has 1 aromatic rings. The van der Waals surface area contributed by atoms with Gasteiger partial charge in [0.05, 0.1) is 9.82 Å². The van der Waals surface area contributed by atoms with Gasteiger partial charge in [-0.1, -0.05) is 13.8 Å². The number of benzene rings is 1. The molecule has 0 saturated carbocycles. The average molecular weight is 302 g/mol. The topological polar surface area (TPSA) is 101 Å². The Kier molecular flexibility index (Phi) is 5.07. The van der Waals surface area contributed by atoms with Gasteiger partial charge in [-0.2, -0.15) is 4.31 Å². The highest BCUT2D eigenvalue weighted by molar-refractivity contribution is 7.89. The average Bonchev–Trinajstić information content (AvgIpc) is 2.38. The lowest BCUT2D eigenvalue weighted by atomic mass is 10.3. The highest BCUT2D eigenvalue weighted by atomic mass is 32.2. The van der Waals surface area contributed by atoms with Gasteiger partial charge >= 0.3 is 5.69 Å². The van der Waals surface area contributed by atoms with Gasteiger partial charge < -0.3 is 5.11 Å². The summed E-state index contributed by atoms with van der Waals surface area (Å²) in [5.74, 6) is -0.555. The van der Waals surface area contributed by atoms with Gasteiger partial charge in [-0.25, -0.2) is 8.42 Å². The van der Waals surface area contributed by atoms with Crippen LogP contribution in [0.1, 0.15) is 27.2 Å². The third kappa shape index (κ3) is 3.07. The summed E-state index contributed by atoms with van der Waals surface area (Å²) in [5, 5.41) is 20.1. The maximum Gasteiger partial charge on any atom is 0.312 e. The molecule has 8 heteroatoms. The van der Waals surface area contributed by atoms with Crippen LogP contribution in [-0.2, 0) is 10.0 Å². The Morgan fingerprint density at radius 1 is 1.40 bits per heavy atom. The van der Waals surface area contributed by atoms with Gasteiger partial charge in [0.15, 0.2) is 5.75 Å². The van der Waals surface area contributed by atoms with Crippen molar-refractivity contribution in [3.63, 3.8) is 0 Å². The van der Waals surface area contributed by atoms with Crippen LogP contribution in [0.25, 0.3) is 0 Å². The Hall–Kier alpha value is -1.67. The highest BCUT2D eigenvalue weighted by Crippen LogP contribution is 2.30. The van der Waals surface area contributed by atoms with Crippen LogP contribution in [0, 0.1) is 10.1 Å². The van der Waals surface area contributed by atoms with Crippen LogP contribution in [-0.4, -0.2) is 35.3 Å². The summed E-state index contributed by atoms with van der Waals surface area (Å²) in [4.78, 5) is 9.77. The Morgan fingerprint density at radius 3 is 2.45 bits per heavy atom. The fraction of sp³-hybridized carbons (Fsp3) is 0.500. The van der Waals surface area contributed by atoms with E-state index in [0.29, 0.717) is 6.42 Å². The Labute approximate surface area is 118 Å². The van der Waals surface area contributed by atoms with E-state index in [1.165, 1.54) is 10.4 Å². The molecule has 1 atom stereocenters. The Bertz CT molecular complexity index is 600. The predicted octanol–water partition coefficient (Wildman–Crippen LogP) is 2.11. The maximum absolute atomic E-state index is 12.5. The van der Waals surface area contributed by atoms with Crippen molar-refractivity contribution in [2.45, 2.75) is 38.1 Å². The highest BCUT2D eigenvalue weighted by Gasteiger charge is 2.29. The van der Waals surface area contributed by atoms with E-state index in [1.807, 2.05) is 6.92 Å². The van der Waals surface area contributed by atoms with Crippen molar-refractivity contribution in [1.29, 1.82) is 0 Å². The smallest absolute Gasteiger partial charge is 0.312 e. The van der Waals surface area contributed by atoms with E-state index >= 15 is 0 Å². The number of rotatable bonds is 6. The zero-order valence-corrected chi connectivity index (χ0v) is 12.4. The summed E-state index contributed by atoms with van der Waals surface area (Å²) in [6.07, 6.45) is 0.632. The molecule has 0 amide bonds. The van der Waals surface area contributed by atoms with Crippen molar-refractivity contribution in [2.24, 2.45) is 0 Å². The molecule has 0 radical (unpaired) electrons. The minimum Gasteiger partial charge on any atom is -0.502 e. The minimum atomic E-state index is -3.82. The van der Waals surface area contributed by atoms with Crippen molar-refractivity contribution in [3.8, 4) is 5.75 Å². The summed E-state index contributed by atoms with van der Waals surface area (Å²) in [5.41, 5.74) is -0.619. The van der Waals surface area contributed by atoms with Gasteiger partial charge in [-0.15, -0.1) is 0 Å². The minimum absolute atomic E-state index is 0.191. The fourth-order valence-electron chi connectivity index (χ4n) is 1.87. The number of hydrogen-bond donors (Lipinski definition) is 1. The number of sulfonamides is 1. The van der Waals surface area contributed by atoms with Crippen LogP contribution in [0.4, 0.5) is 5.69 Å². The van der Waals surface area contributed by atoms with Crippen LogP contribution >= 0.6 is 0 Å². The summed E-state index contributed by atoms with van der Waals surface area (Å²) in [6, 6.07) is 2.87. The lowest BCUT2D eigenvalue weighted by Gasteiger charge is -2.26. The Balaban J connectivity index is 3.35. The Morgan fingerprint density at radius 2 is 2.00 bits per heavy atom. The van der Waals surface area contributed by atoms with Crippen LogP contribution < -0.4 is 0 Å². The standard InChI is InChI=1S/C12H18N2O5S/c1-4-9(3)13(5-2)20(18,19)10-6-7-12(15)11(8-10)14(16)17/h6-9,15H,4-5H2,1-3H3. The van der Waals surface area contributed by atoms with Crippen molar-refractivity contribution < 1.29 is 18.4 Å². The molecule has 7 nitrogen and oxygen atoms in total. The molecule has 20 heavy (non-hydrogen) atoms. The number of nitro benzene ring substituents is 1. The van der Waals surface area contributed by atoms with E-state index in [0.717, 1.165) is 12.1 Å². The zero-order chi connectivity index (χ0) is 15.5. The molecule has 0 fully saturated rings. The molecule has 0 aliphatic heterocycles. The van der Waals surface area contributed by atoms with Crippen LogP contribution in [0.3, 0.4) is 0 Å². The van der Waals surface area contributed by atoms with E-state index in [2.05, 4.69) is 0 Å². The van der Waals surface area contributed by atoms with Crippen molar-refractivity contribution >= 4 is 15.7 Å². The molecule has 1 rings (SSSR count). The lowest BCUT2D eigenvalue weighted by molar-refractivity contribution is -0.386. The zero-order valence-electron chi connectivity index (χ0n) is 11.6. The molecule has 0 aliphatic rings.